The van der Waals surface area contributed by atoms with Gasteiger partial charge in [0, 0.05) is 13.3 Å². The molecule has 0 aromatic heterocycles. The highest BCUT2D eigenvalue weighted by atomic mass is 19.1. The molecule has 1 aromatic carbocycles. The zero-order valence-corrected chi connectivity index (χ0v) is 33.9. The molecule has 21 atom stereocenters. The molecule has 26 heteroatoms. The lowest BCUT2D eigenvalue weighted by Gasteiger charge is -2.51. The summed E-state index contributed by atoms with van der Waals surface area (Å²) in [5.74, 6) is -8.68. The molecule has 0 radical (unpaired) electrons. The molecular formula is C37H55FN2O23. The minimum atomic E-state index is -3.15. The van der Waals surface area contributed by atoms with Gasteiger partial charge in [-0.25, -0.2) is 9.18 Å². The Morgan fingerprint density at radius 2 is 1.44 bits per heavy atom. The van der Waals surface area contributed by atoms with Crippen LogP contribution in [-0.4, -0.2) is 232 Å². The number of halogens is 1. The van der Waals surface area contributed by atoms with Gasteiger partial charge in [0.25, 0.3) is 11.7 Å². The van der Waals surface area contributed by atoms with Crippen molar-refractivity contribution in [1.82, 2.24) is 10.6 Å². The number of aliphatic hydroxyl groups is 11. The standard InChI is InChI=1S/C37H55FN2O23/c1-11-21(40-33(54)15-6-14(38)4-5-16(15)45)31(61-34-27(52)26(51)23(48)12(2)58-34)29(20(10-43)57-11)60-35-28(53)32(25(50)19(9-42)59-35)63-37(36(55)56)7-17(46)22(39-13(3)44)30(62-37)24(49)18(47)8-41/h4-6,11-12,17-32,34-35,41-43,45-53H,7-10H2,1-3H3,(H,39,44)(H,40,54)(H,55,56)/t11-,12?,17?,18+,19?,20?,21?,22+,23-,24+,25+,26?,27-,28?,29-,30?,31+,32?,34-,35+,37-/m0/s1. The zero-order valence-electron chi connectivity index (χ0n) is 33.9. The van der Waals surface area contributed by atoms with Gasteiger partial charge in [-0.1, -0.05) is 0 Å². The van der Waals surface area contributed by atoms with E-state index in [0.717, 1.165) is 19.1 Å². The number of hydrogen-bond acceptors (Lipinski definition) is 22. The Bertz CT molecular complexity index is 1730. The summed E-state index contributed by atoms with van der Waals surface area (Å²) in [4.78, 5) is 38.5. The molecule has 0 bridgehead atoms. The van der Waals surface area contributed by atoms with Crippen LogP contribution < -0.4 is 10.6 Å². The molecule has 4 saturated heterocycles. The number of phenolic OH excluding ortho intramolecular Hbond substituents is 1. The van der Waals surface area contributed by atoms with Gasteiger partial charge in [-0.3, -0.25) is 9.59 Å². The number of carboxylic acid groups (broad SMARTS) is 1. The number of carbonyl (C=O) groups is 3. The quantitative estimate of drug-likeness (QED) is 0.0777. The zero-order chi connectivity index (χ0) is 46.8. The van der Waals surface area contributed by atoms with Gasteiger partial charge in [0.15, 0.2) is 12.6 Å². The molecule has 15 N–H and O–H groups in total. The number of phenols is 1. The number of carboxylic acids is 1. The predicted octanol–water partition coefficient (Wildman–Crippen LogP) is -7.02. The summed E-state index contributed by atoms with van der Waals surface area (Å²) in [7, 11) is 0. The predicted molar refractivity (Wildman–Crippen MR) is 198 cm³/mol. The SMILES string of the molecule is CC(=O)N[C@@H]1C(O)C[C@](OC2C(O)[C@@H](O[C@H]3C(CO)O[C@@H](C)C(NC(=O)c4cc(F)ccc4O)[C@H]3O[C@@H]3OC(C)[C@H](O)C(O)[C@@H]3O)OC(CO)[C@H]2O)(C(=O)O)OC1[C@H](O)[C@H](O)CO. The Balaban J connectivity index is 1.52. The number of ether oxygens (including phenoxy) is 7. The van der Waals surface area contributed by atoms with Crippen LogP contribution in [0.15, 0.2) is 18.2 Å². The van der Waals surface area contributed by atoms with Crippen molar-refractivity contribution in [2.75, 3.05) is 19.8 Å². The maximum absolute atomic E-state index is 14.2. The molecule has 0 aliphatic carbocycles. The van der Waals surface area contributed by atoms with E-state index in [-0.39, 0.29) is 0 Å². The smallest absolute Gasteiger partial charge is 0.364 e. The minimum absolute atomic E-state index is 0.568. The van der Waals surface area contributed by atoms with Crippen LogP contribution in [0.3, 0.4) is 0 Å². The van der Waals surface area contributed by atoms with Crippen molar-refractivity contribution in [1.29, 1.82) is 0 Å². The molecule has 1 aromatic rings. The summed E-state index contributed by atoms with van der Waals surface area (Å²) in [5.41, 5.74) is -0.568. The molecule has 4 heterocycles. The molecule has 5 rings (SSSR count). The van der Waals surface area contributed by atoms with Gasteiger partial charge in [0.05, 0.1) is 55.8 Å². The van der Waals surface area contributed by atoms with Gasteiger partial charge in [-0.05, 0) is 32.0 Å². The third-order valence-electron chi connectivity index (χ3n) is 11.3. The number of amides is 2. The van der Waals surface area contributed by atoms with Crippen LogP contribution in [0.5, 0.6) is 5.75 Å². The van der Waals surface area contributed by atoms with Gasteiger partial charge in [0.1, 0.15) is 90.9 Å². The van der Waals surface area contributed by atoms with Crippen molar-refractivity contribution in [2.24, 2.45) is 0 Å². The van der Waals surface area contributed by atoms with E-state index in [1.54, 1.807) is 0 Å². The summed E-state index contributed by atoms with van der Waals surface area (Å²) in [5, 5.41) is 143. The largest absolute Gasteiger partial charge is 0.507 e. The molecule has 2 amide bonds. The summed E-state index contributed by atoms with van der Waals surface area (Å²) >= 11 is 0. The van der Waals surface area contributed by atoms with Gasteiger partial charge < -0.3 is 110 Å². The van der Waals surface area contributed by atoms with Crippen molar-refractivity contribution < 1.29 is 118 Å². The second-order valence-corrected chi connectivity index (χ2v) is 15.8. The van der Waals surface area contributed by atoms with Gasteiger partial charge >= 0.3 is 5.97 Å². The van der Waals surface area contributed by atoms with Crippen LogP contribution in [0.4, 0.5) is 4.39 Å². The molecule has 358 valence electrons. The number of rotatable bonds is 15. The fraction of sp³-hybridized carbons (Fsp3) is 0.757. The minimum Gasteiger partial charge on any atom is -0.507 e. The second-order valence-electron chi connectivity index (χ2n) is 15.8. The van der Waals surface area contributed by atoms with Gasteiger partial charge in [0.2, 0.25) is 5.91 Å². The number of hydrogen-bond donors (Lipinski definition) is 15. The fourth-order valence-corrected chi connectivity index (χ4v) is 7.92. The van der Waals surface area contributed by atoms with E-state index in [1.807, 2.05) is 0 Å². The van der Waals surface area contributed by atoms with Gasteiger partial charge in [-0.2, -0.15) is 0 Å². The molecular weight excluding hydrogens is 859 g/mol. The summed E-state index contributed by atoms with van der Waals surface area (Å²) in [6.07, 6.45) is -34.8. The van der Waals surface area contributed by atoms with Crippen molar-refractivity contribution in [3.63, 3.8) is 0 Å². The Labute approximate surface area is 357 Å². The number of carbonyl (C=O) groups excluding carboxylic acids is 2. The Morgan fingerprint density at radius 3 is 2.05 bits per heavy atom. The van der Waals surface area contributed by atoms with E-state index in [1.165, 1.54) is 13.8 Å². The number of aliphatic hydroxyl groups excluding tert-OH is 11. The Morgan fingerprint density at radius 1 is 0.810 bits per heavy atom. The van der Waals surface area contributed by atoms with Crippen molar-refractivity contribution in [2.45, 2.75) is 155 Å². The van der Waals surface area contributed by atoms with Crippen LogP contribution >= 0.6 is 0 Å². The Hall–Kier alpha value is -3.36. The average molecular weight is 915 g/mol. The number of benzene rings is 1. The first-order chi connectivity index (χ1) is 29.6. The highest BCUT2D eigenvalue weighted by Gasteiger charge is 2.60. The van der Waals surface area contributed by atoms with E-state index >= 15 is 0 Å². The number of aromatic hydroxyl groups is 1. The van der Waals surface area contributed by atoms with E-state index in [0.29, 0.717) is 6.07 Å². The van der Waals surface area contributed by atoms with Crippen LogP contribution in [-0.2, 0) is 42.7 Å². The van der Waals surface area contributed by atoms with Crippen molar-refractivity contribution in [3.05, 3.63) is 29.6 Å². The first-order valence-electron chi connectivity index (χ1n) is 19.8. The highest BCUT2D eigenvalue weighted by Crippen LogP contribution is 2.39. The monoisotopic (exact) mass is 914 g/mol. The van der Waals surface area contributed by atoms with Crippen LogP contribution in [0.25, 0.3) is 0 Å². The molecule has 4 fully saturated rings. The van der Waals surface area contributed by atoms with Gasteiger partial charge in [-0.15, -0.1) is 0 Å². The lowest BCUT2D eigenvalue weighted by molar-refractivity contribution is -0.385. The van der Waals surface area contributed by atoms with Crippen molar-refractivity contribution >= 4 is 17.8 Å². The maximum atomic E-state index is 14.2. The van der Waals surface area contributed by atoms with E-state index < -0.39 is 189 Å². The maximum Gasteiger partial charge on any atom is 0.364 e. The molecule has 9 unspecified atom stereocenters. The van der Waals surface area contributed by atoms with Crippen LogP contribution in [0, 0.1) is 5.82 Å². The van der Waals surface area contributed by atoms with E-state index in [2.05, 4.69) is 10.6 Å². The van der Waals surface area contributed by atoms with Crippen LogP contribution in [0.1, 0.15) is 37.6 Å². The normalized spacial score (nSPS) is 41.9. The lowest BCUT2D eigenvalue weighted by Crippen LogP contribution is -2.71. The first-order valence-corrected chi connectivity index (χ1v) is 19.8. The number of nitrogens with one attached hydrogen (secondary N) is 2. The van der Waals surface area contributed by atoms with E-state index in [9.17, 15) is 85.2 Å². The summed E-state index contributed by atoms with van der Waals surface area (Å²) < 4.78 is 55.0. The molecule has 4 aliphatic heterocycles. The van der Waals surface area contributed by atoms with Crippen molar-refractivity contribution in [3.8, 4) is 5.75 Å². The lowest BCUT2D eigenvalue weighted by atomic mass is 9.88. The molecule has 0 saturated carbocycles. The first kappa shape index (κ1) is 50.6. The Kier molecular flexibility index (Phi) is 16.8. The average Bonchev–Trinajstić information content (AvgIpc) is 3.24. The second kappa shape index (κ2) is 20.9. The van der Waals surface area contributed by atoms with Crippen LogP contribution in [0.2, 0.25) is 0 Å². The molecule has 25 nitrogen and oxygen atoms in total. The molecule has 4 aliphatic rings. The molecule has 0 spiro atoms. The number of aliphatic carboxylic acids is 1. The third kappa shape index (κ3) is 10.7. The topological polar surface area (TPSA) is 403 Å². The van der Waals surface area contributed by atoms with E-state index in [4.69, 9.17) is 33.2 Å². The summed E-state index contributed by atoms with van der Waals surface area (Å²) in [6.45, 7) is 0.605. The molecule has 63 heavy (non-hydrogen) atoms. The highest BCUT2D eigenvalue weighted by molar-refractivity contribution is 5.97. The summed E-state index contributed by atoms with van der Waals surface area (Å²) in [6, 6.07) is -0.653. The fourth-order valence-electron chi connectivity index (χ4n) is 7.92. The third-order valence-corrected chi connectivity index (χ3v) is 11.3.